The fourth-order valence-corrected chi connectivity index (χ4v) is 1.39. The third-order valence-corrected chi connectivity index (χ3v) is 2.35. The molecule has 7 heteroatoms. The number of amides is 1. The Bertz CT molecular complexity index is 510. The number of carbonyl (C=O) groups excluding carboxylic acids is 1. The molecule has 18 heavy (non-hydrogen) atoms. The monoisotopic (exact) mass is 289 g/mol. The molecule has 0 saturated heterocycles. The molecular weight excluding hydrogens is 281 g/mol. The van der Waals surface area contributed by atoms with E-state index >= 15 is 0 Å². The molecule has 0 bridgehead atoms. The summed E-state index contributed by atoms with van der Waals surface area (Å²) in [6.45, 7) is 0. The fraction of sp³-hybridized carbons (Fsp3) is 0.0909. The van der Waals surface area contributed by atoms with Gasteiger partial charge in [-0.05, 0) is 18.2 Å². The number of benzene rings is 1. The summed E-state index contributed by atoms with van der Waals surface area (Å²) in [6.07, 6.45) is 0. The number of hydrogen-bond acceptors (Lipinski definition) is 3. The standard InChI is InChI=1S/C11H9Cl2NO4/c1-18-7-4-2-3-6(5-7)10(15)14-8(9(12)13)11(16)17/h2-5H,1H3,(H,14,15)(H,16,17). The maximum atomic E-state index is 11.8. The van der Waals surface area contributed by atoms with Gasteiger partial charge in [0.05, 0.1) is 7.11 Å². The average molecular weight is 290 g/mol. The Morgan fingerprint density at radius 3 is 2.50 bits per heavy atom. The van der Waals surface area contributed by atoms with E-state index in [4.69, 9.17) is 33.0 Å². The zero-order valence-electron chi connectivity index (χ0n) is 9.24. The molecule has 1 amide bonds. The summed E-state index contributed by atoms with van der Waals surface area (Å²) in [7, 11) is 1.45. The van der Waals surface area contributed by atoms with Gasteiger partial charge in [0.25, 0.3) is 5.91 Å². The summed E-state index contributed by atoms with van der Waals surface area (Å²) in [5, 5.41) is 10.9. The van der Waals surface area contributed by atoms with Gasteiger partial charge < -0.3 is 15.2 Å². The van der Waals surface area contributed by atoms with E-state index in [9.17, 15) is 9.59 Å². The number of ether oxygens (including phenoxy) is 1. The topological polar surface area (TPSA) is 75.6 Å². The third kappa shape index (κ3) is 3.65. The van der Waals surface area contributed by atoms with Gasteiger partial charge in [0.1, 0.15) is 10.2 Å². The van der Waals surface area contributed by atoms with Crippen LogP contribution in [0.3, 0.4) is 0 Å². The maximum absolute atomic E-state index is 11.8. The van der Waals surface area contributed by atoms with Crippen LogP contribution in [0, 0.1) is 0 Å². The number of hydrogen-bond donors (Lipinski definition) is 2. The van der Waals surface area contributed by atoms with Crippen molar-refractivity contribution in [2.24, 2.45) is 0 Å². The van der Waals surface area contributed by atoms with Crippen molar-refractivity contribution in [2.75, 3.05) is 7.11 Å². The molecule has 0 atom stereocenters. The van der Waals surface area contributed by atoms with Crippen LogP contribution in [0.15, 0.2) is 34.5 Å². The van der Waals surface area contributed by atoms with Crippen molar-refractivity contribution in [1.82, 2.24) is 5.32 Å². The number of rotatable bonds is 4. The second-order valence-corrected chi connectivity index (χ2v) is 4.08. The molecule has 0 heterocycles. The molecule has 0 aromatic heterocycles. The molecule has 0 radical (unpaired) electrons. The molecule has 0 fully saturated rings. The van der Waals surface area contributed by atoms with E-state index in [2.05, 4.69) is 5.32 Å². The first-order valence-electron chi connectivity index (χ1n) is 4.69. The Morgan fingerprint density at radius 1 is 1.33 bits per heavy atom. The number of methoxy groups -OCH3 is 1. The first kappa shape index (κ1) is 14.3. The Morgan fingerprint density at radius 2 is 2.00 bits per heavy atom. The van der Waals surface area contributed by atoms with Gasteiger partial charge in [-0.1, -0.05) is 29.3 Å². The van der Waals surface area contributed by atoms with E-state index in [-0.39, 0.29) is 5.56 Å². The van der Waals surface area contributed by atoms with E-state index in [0.717, 1.165) is 0 Å². The summed E-state index contributed by atoms with van der Waals surface area (Å²) in [6, 6.07) is 6.20. The molecule has 0 aliphatic rings. The normalized spacial score (nSPS) is 9.50. The molecule has 1 aromatic rings. The first-order chi connectivity index (χ1) is 8.45. The smallest absolute Gasteiger partial charge is 0.354 e. The number of carboxylic acids is 1. The number of carboxylic acid groups (broad SMARTS) is 1. The number of carbonyl (C=O) groups is 2. The SMILES string of the molecule is COc1cccc(C(=O)NC(C(=O)O)=C(Cl)Cl)c1. The molecule has 5 nitrogen and oxygen atoms in total. The minimum absolute atomic E-state index is 0.225. The molecule has 0 spiro atoms. The highest BCUT2D eigenvalue weighted by molar-refractivity contribution is 6.57. The summed E-state index contributed by atoms with van der Waals surface area (Å²) in [5.41, 5.74) is -0.353. The van der Waals surface area contributed by atoms with Crippen molar-refractivity contribution in [3.8, 4) is 5.75 Å². The van der Waals surface area contributed by atoms with Crippen LogP contribution < -0.4 is 10.1 Å². The number of halogens is 2. The van der Waals surface area contributed by atoms with Crippen molar-refractivity contribution >= 4 is 35.1 Å². The van der Waals surface area contributed by atoms with Crippen LogP contribution in [0.4, 0.5) is 0 Å². The molecule has 2 N–H and O–H groups in total. The lowest BCUT2D eigenvalue weighted by Gasteiger charge is -2.07. The van der Waals surface area contributed by atoms with Crippen molar-refractivity contribution in [3.63, 3.8) is 0 Å². The minimum atomic E-state index is -1.42. The molecule has 0 unspecified atom stereocenters. The van der Waals surface area contributed by atoms with Crippen LogP contribution in [-0.4, -0.2) is 24.1 Å². The van der Waals surface area contributed by atoms with Crippen LogP contribution in [0.25, 0.3) is 0 Å². The van der Waals surface area contributed by atoms with E-state index in [1.165, 1.54) is 19.2 Å². The van der Waals surface area contributed by atoms with Crippen LogP contribution >= 0.6 is 23.2 Å². The van der Waals surface area contributed by atoms with Crippen molar-refractivity contribution in [3.05, 3.63) is 40.0 Å². The van der Waals surface area contributed by atoms with Gasteiger partial charge in [0, 0.05) is 5.56 Å². The minimum Gasteiger partial charge on any atom is -0.497 e. The zero-order chi connectivity index (χ0) is 13.7. The van der Waals surface area contributed by atoms with Gasteiger partial charge in [-0.15, -0.1) is 0 Å². The van der Waals surface area contributed by atoms with Crippen LogP contribution in [-0.2, 0) is 4.79 Å². The quantitative estimate of drug-likeness (QED) is 0.833. The number of aliphatic carboxylic acids is 1. The van der Waals surface area contributed by atoms with Crippen molar-refractivity contribution in [1.29, 1.82) is 0 Å². The molecule has 1 rings (SSSR count). The maximum Gasteiger partial charge on any atom is 0.354 e. The molecule has 0 aliphatic heterocycles. The third-order valence-electron chi connectivity index (χ3n) is 1.97. The first-order valence-corrected chi connectivity index (χ1v) is 5.45. The predicted octanol–water partition coefficient (Wildman–Crippen LogP) is 2.16. The molecule has 96 valence electrons. The summed E-state index contributed by atoms with van der Waals surface area (Å²) in [4.78, 5) is 22.5. The van der Waals surface area contributed by atoms with Gasteiger partial charge in [-0.2, -0.15) is 0 Å². The van der Waals surface area contributed by atoms with Gasteiger partial charge in [0.2, 0.25) is 0 Å². The largest absolute Gasteiger partial charge is 0.497 e. The highest BCUT2D eigenvalue weighted by Gasteiger charge is 2.16. The number of nitrogens with one attached hydrogen (secondary N) is 1. The molecular formula is C11H9Cl2NO4. The van der Waals surface area contributed by atoms with E-state index in [1.807, 2.05) is 0 Å². The van der Waals surface area contributed by atoms with E-state index in [0.29, 0.717) is 5.75 Å². The Balaban J connectivity index is 2.95. The lowest BCUT2D eigenvalue weighted by Crippen LogP contribution is -2.27. The second kappa shape index (κ2) is 6.28. The Kier molecular flexibility index (Phi) is 5.00. The zero-order valence-corrected chi connectivity index (χ0v) is 10.7. The van der Waals surface area contributed by atoms with Gasteiger partial charge in [-0.25, -0.2) is 4.79 Å². The van der Waals surface area contributed by atoms with E-state index < -0.39 is 22.1 Å². The van der Waals surface area contributed by atoms with Crippen molar-refractivity contribution < 1.29 is 19.4 Å². The Labute approximate surface area is 113 Å². The average Bonchev–Trinajstić information content (AvgIpc) is 2.34. The van der Waals surface area contributed by atoms with Gasteiger partial charge in [0.15, 0.2) is 5.70 Å². The van der Waals surface area contributed by atoms with E-state index in [1.54, 1.807) is 12.1 Å². The van der Waals surface area contributed by atoms with Crippen LogP contribution in [0.1, 0.15) is 10.4 Å². The van der Waals surface area contributed by atoms with Crippen LogP contribution in [0.2, 0.25) is 0 Å². The summed E-state index contributed by atoms with van der Waals surface area (Å²) >= 11 is 10.7. The predicted molar refractivity (Wildman–Crippen MR) is 66.8 cm³/mol. The molecule has 0 aliphatic carbocycles. The lowest BCUT2D eigenvalue weighted by molar-refractivity contribution is -0.133. The summed E-state index contributed by atoms with van der Waals surface area (Å²) < 4.78 is 4.42. The van der Waals surface area contributed by atoms with Crippen molar-refractivity contribution in [2.45, 2.75) is 0 Å². The highest BCUT2D eigenvalue weighted by atomic mass is 35.5. The summed E-state index contributed by atoms with van der Waals surface area (Å²) in [5.74, 6) is -1.60. The fourth-order valence-electron chi connectivity index (χ4n) is 1.13. The van der Waals surface area contributed by atoms with Gasteiger partial charge in [-0.3, -0.25) is 4.79 Å². The highest BCUT2D eigenvalue weighted by Crippen LogP contribution is 2.15. The molecule has 1 aromatic carbocycles. The van der Waals surface area contributed by atoms with Gasteiger partial charge >= 0.3 is 5.97 Å². The lowest BCUT2D eigenvalue weighted by atomic mass is 10.2. The van der Waals surface area contributed by atoms with Crippen LogP contribution in [0.5, 0.6) is 5.75 Å². The second-order valence-electron chi connectivity index (χ2n) is 3.13. The Hall–Kier alpha value is -1.72. The molecule has 0 saturated carbocycles.